The fourth-order valence-corrected chi connectivity index (χ4v) is 2.63. The van der Waals surface area contributed by atoms with Gasteiger partial charge in [0.05, 0.1) is 11.4 Å². The van der Waals surface area contributed by atoms with Gasteiger partial charge in [-0.3, -0.25) is 23.9 Å². The summed E-state index contributed by atoms with van der Waals surface area (Å²) >= 11 is 0. The molecule has 2 amide bonds. The first-order valence-corrected chi connectivity index (χ1v) is 7.53. The van der Waals surface area contributed by atoms with Crippen molar-refractivity contribution in [2.75, 3.05) is 16.8 Å². The van der Waals surface area contributed by atoms with Gasteiger partial charge in [0.15, 0.2) is 0 Å². The summed E-state index contributed by atoms with van der Waals surface area (Å²) in [5, 5.41) is 2.71. The Kier molecular flexibility index (Phi) is 4.28. The van der Waals surface area contributed by atoms with Gasteiger partial charge in [-0.1, -0.05) is 12.1 Å². The zero-order chi connectivity index (χ0) is 17.1. The van der Waals surface area contributed by atoms with Crippen LogP contribution in [0.15, 0.2) is 46.1 Å². The molecule has 0 atom stereocenters. The molecule has 8 nitrogen and oxygen atoms in total. The van der Waals surface area contributed by atoms with Crippen molar-refractivity contribution in [3.63, 3.8) is 0 Å². The molecule has 1 fully saturated rings. The molecule has 124 valence electrons. The number of hydrogen-bond donors (Lipinski definition) is 2. The highest BCUT2D eigenvalue weighted by Gasteiger charge is 2.24. The molecule has 1 saturated heterocycles. The summed E-state index contributed by atoms with van der Waals surface area (Å²) in [4.78, 5) is 50.5. The minimum absolute atomic E-state index is 0.0218. The molecule has 0 radical (unpaired) electrons. The van der Waals surface area contributed by atoms with Crippen LogP contribution >= 0.6 is 0 Å². The van der Waals surface area contributed by atoms with Crippen LogP contribution in [0.25, 0.3) is 0 Å². The molecule has 0 unspecified atom stereocenters. The molecule has 0 spiro atoms. The largest absolute Gasteiger partial charge is 0.328 e. The molecule has 0 saturated carbocycles. The van der Waals surface area contributed by atoms with Gasteiger partial charge in [0.2, 0.25) is 11.8 Å². The van der Waals surface area contributed by atoms with Crippen molar-refractivity contribution in [2.45, 2.75) is 19.4 Å². The number of benzene rings is 1. The third-order valence-electron chi connectivity index (χ3n) is 3.75. The van der Waals surface area contributed by atoms with Gasteiger partial charge < -0.3 is 10.2 Å². The first kappa shape index (κ1) is 15.7. The van der Waals surface area contributed by atoms with E-state index < -0.39 is 17.2 Å². The zero-order valence-corrected chi connectivity index (χ0v) is 12.8. The summed E-state index contributed by atoms with van der Waals surface area (Å²) in [7, 11) is 0. The van der Waals surface area contributed by atoms with Gasteiger partial charge in [0.25, 0.3) is 5.56 Å². The fraction of sp³-hybridized carbons (Fsp3) is 0.250. The van der Waals surface area contributed by atoms with Gasteiger partial charge in [-0.15, -0.1) is 0 Å². The monoisotopic (exact) mass is 328 g/mol. The molecule has 0 aliphatic carbocycles. The molecule has 1 aliphatic rings. The second kappa shape index (κ2) is 6.53. The van der Waals surface area contributed by atoms with E-state index >= 15 is 0 Å². The number of aromatic amines is 1. The number of aromatic nitrogens is 2. The minimum atomic E-state index is -0.652. The lowest BCUT2D eigenvalue weighted by molar-refractivity contribution is -0.117. The van der Waals surface area contributed by atoms with Gasteiger partial charge in [-0.2, -0.15) is 0 Å². The average Bonchev–Trinajstić information content (AvgIpc) is 2.97. The first-order valence-electron chi connectivity index (χ1n) is 7.53. The van der Waals surface area contributed by atoms with E-state index in [0.717, 1.165) is 11.0 Å². The average molecular weight is 328 g/mol. The summed E-state index contributed by atoms with van der Waals surface area (Å²) in [5.74, 6) is -0.406. The molecule has 2 N–H and O–H groups in total. The third kappa shape index (κ3) is 3.27. The van der Waals surface area contributed by atoms with Crippen molar-refractivity contribution in [2.24, 2.45) is 0 Å². The second-order valence-corrected chi connectivity index (χ2v) is 5.45. The number of carbonyl (C=O) groups is 2. The molecule has 1 aliphatic heterocycles. The number of H-pyrrole nitrogens is 1. The van der Waals surface area contributed by atoms with Crippen molar-refractivity contribution >= 4 is 23.2 Å². The van der Waals surface area contributed by atoms with E-state index in [0.29, 0.717) is 24.3 Å². The topological polar surface area (TPSA) is 104 Å². The lowest BCUT2D eigenvalue weighted by atomic mass is 10.2. The first-order chi connectivity index (χ1) is 11.5. The molecule has 24 heavy (non-hydrogen) atoms. The standard InChI is InChI=1S/C16H16N4O4/c21-13-7-9-19(16(24)18-13)10-14(22)17-11-4-1-2-5-12(11)20-8-3-6-15(20)23/h1-2,4-5,7,9H,3,6,8,10H2,(H,17,22)(H,18,21,24). The van der Waals surface area contributed by atoms with E-state index in [1.807, 2.05) is 0 Å². The Hall–Kier alpha value is -3.16. The summed E-state index contributed by atoms with van der Waals surface area (Å²) in [6.07, 6.45) is 2.54. The van der Waals surface area contributed by atoms with Crippen LogP contribution in [-0.2, 0) is 16.1 Å². The Morgan fingerprint density at radius 3 is 2.67 bits per heavy atom. The third-order valence-corrected chi connectivity index (χ3v) is 3.75. The Morgan fingerprint density at radius 1 is 1.17 bits per heavy atom. The maximum absolute atomic E-state index is 12.2. The highest BCUT2D eigenvalue weighted by molar-refractivity contribution is 6.01. The number of anilines is 2. The van der Waals surface area contributed by atoms with E-state index in [2.05, 4.69) is 10.3 Å². The Bertz CT molecular complexity index is 899. The van der Waals surface area contributed by atoms with Crippen molar-refractivity contribution in [1.29, 1.82) is 0 Å². The molecule has 8 heteroatoms. The van der Waals surface area contributed by atoms with E-state index in [1.165, 1.54) is 12.3 Å². The normalized spacial score (nSPS) is 14.0. The van der Waals surface area contributed by atoms with E-state index in [9.17, 15) is 19.2 Å². The summed E-state index contributed by atoms with van der Waals surface area (Å²) < 4.78 is 1.10. The van der Waals surface area contributed by atoms with Gasteiger partial charge in [0, 0.05) is 25.2 Å². The number of para-hydroxylation sites is 2. The Labute approximate surface area is 136 Å². The number of nitrogens with one attached hydrogen (secondary N) is 2. The van der Waals surface area contributed by atoms with Gasteiger partial charge >= 0.3 is 5.69 Å². The lowest BCUT2D eigenvalue weighted by Crippen LogP contribution is -2.33. The van der Waals surface area contributed by atoms with Gasteiger partial charge in [-0.25, -0.2) is 4.79 Å². The second-order valence-electron chi connectivity index (χ2n) is 5.45. The van der Waals surface area contributed by atoms with Gasteiger partial charge in [0.1, 0.15) is 6.54 Å². The number of amides is 2. The predicted octanol–water partition coefficient (Wildman–Crippen LogP) is 0.302. The molecule has 2 aromatic rings. The fourth-order valence-electron chi connectivity index (χ4n) is 2.63. The summed E-state index contributed by atoms with van der Waals surface area (Å²) in [6.45, 7) is 0.378. The van der Waals surface area contributed by atoms with Crippen LogP contribution in [0.3, 0.4) is 0 Å². The molecule has 0 bridgehead atoms. The number of nitrogens with zero attached hydrogens (tertiary/aromatic N) is 2. The van der Waals surface area contributed by atoms with Gasteiger partial charge in [-0.05, 0) is 18.6 Å². The van der Waals surface area contributed by atoms with Crippen molar-refractivity contribution in [3.8, 4) is 0 Å². The van der Waals surface area contributed by atoms with Crippen LogP contribution in [0.5, 0.6) is 0 Å². The predicted molar refractivity (Wildman–Crippen MR) is 88.0 cm³/mol. The highest BCUT2D eigenvalue weighted by atomic mass is 16.2. The molecule has 2 heterocycles. The summed E-state index contributed by atoms with van der Waals surface area (Å²) in [5.41, 5.74) is -0.0207. The maximum atomic E-state index is 12.2. The molecule has 1 aromatic heterocycles. The van der Waals surface area contributed by atoms with Crippen LogP contribution < -0.4 is 21.5 Å². The number of carbonyl (C=O) groups excluding carboxylic acids is 2. The van der Waals surface area contributed by atoms with E-state index in [1.54, 1.807) is 29.2 Å². The zero-order valence-electron chi connectivity index (χ0n) is 12.8. The van der Waals surface area contributed by atoms with Crippen molar-refractivity contribution in [1.82, 2.24) is 9.55 Å². The van der Waals surface area contributed by atoms with Crippen LogP contribution in [0.2, 0.25) is 0 Å². The van der Waals surface area contributed by atoms with Crippen molar-refractivity contribution in [3.05, 3.63) is 57.4 Å². The Balaban J connectivity index is 1.78. The molecular formula is C16H16N4O4. The smallest absolute Gasteiger partial charge is 0.323 e. The van der Waals surface area contributed by atoms with Crippen LogP contribution in [0.4, 0.5) is 11.4 Å². The van der Waals surface area contributed by atoms with Crippen LogP contribution in [0.1, 0.15) is 12.8 Å². The lowest BCUT2D eigenvalue weighted by Gasteiger charge is -2.20. The quantitative estimate of drug-likeness (QED) is 0.842. The molecule has 1 aromatic carbocycles. The Morgan fingerprint density at radius 2 is 1.96 bits per heavy atom. The highest BCUT2D eigenvalue weighted by Crippen LogP contribution is 2.29. The number of hydrogen-bond acceptors (Lipinski definition) is 4. The van der Waals surface area contributed by atoms with Crippen LogP contribution in [-0.4, -0.2) is 27.9 Å². The minimum Gasteiger partial charge on any atom is -0.323 e. The van der Waals surface area contributed by atoms with E-state index in [-0.39, 0.29) is 12.5 Å². The van der Waals surface area contributed by atoms with Crippen molar-refractivity contribution < 1.29 is 9.59 Å². The molecule has 3 rings (SSSR count). The SMILES string of the molecule is O=C(Cn1ccc(=O)[nH]c1=O)Nc1ccccc1N1CCCC1=O. The maximum Gasteiger partial charge on any atom is 0.328 e. The summed E-state index contributed by atoms with van der Waals surface area (Å²) in [6, 6.07) is 8.19. The number of rotatable bonds is 4. The van der Waals surface area contributed by atoms with Crippen LogP contribution in [0, 0.1) is 0 Å². The van der Waals surface area contributed by atoms with E-state index in [4.69, 9.17) is 0 Å². The molecular weight excluding hydrogens is 312 g/mol.